The molecule has 2 aliphatic heterocycles. The summed E-state index contributed by atoms with van der Waals surface area (Å²) in [5, 5.41) is 0. The van der Waals surface area contributed by atoms with E-state index in [1.54, 1.807) is 4.90 Å². The van der Waals surface area contributed by atoms with Gasteiger partial charge in [0, 0.05) is 25.4 Å². The van der Waals surface area contributed by atoms with E-state index < -0.39 is 6.10 Å². The minimum atomic E-state index is -0.429. The van der Waals surface area contributed by atoms with Crippen LogP contribution in [0.4, 0.5) is 0 Å². The van der Waals surface area contributed by atoms with Crippen LogP contribution in [0.1, 0.15) is 29.5 Å². The van der Waals surface area contributed by atoms with Crippen molar-refractivity contribution in [2.45, 2.75) is 39.2 Å². The zero-order valence-electron chi connectivity index (χ0n) is 13.1. The molecule has 2 aliphatic rings. The summed E-state index contributed by atoms with van der Waals surface area (Å²) in [6.07, 6.45) is 1.50. The Balaban J connectivity index is 1.65. The molecule has 1 unspecified atom stereocenters. The number of fused-ring (bicyclic) bond motifs is 1. The molecule has 0 bridgehead atoms. The van der Waals surface area contributed by atoms with E-state index in [1.807, 2.05) is 13.0 Å². The molecule has 2 heterocycles. The van der Waals surface area contributed by atoms with E-state index in [4.69, 9.17) is 10.5 Å². The average molecular weight is 302 g/mol. The number of benzene rings is 1. The number of amides is 2. The van der Waals surface area contributed by atoms with Crippen molar-refractivity contribution in [3.8, 4) is 5.75 Å². The number of piperidine rings is 1. The monoisotopic (exact) mass is 302 g/mol. The highest BCUT2D eigenvalue weighted by molar-refractivity contribution is 5.83. The van der Waals surface area contributed by atoms with Crippen molar-refractivity contribution in [2.75, 3.05) is 13.1 Å². The largest absolute Gasteiger partial charge is 0.480 e. The van der Waals surface area contributed by atoms with Gasteiger partial charge < -0.3 is 15.4 Å². The van der Waals surface area contributed by atoms with Gasteiger partial charge in [0.25, 0.3) is 5.91 Å². The van der Waals surface area contributed by atoms with E-state index in [1.165, 1.54) is 11.1 Å². The highest BCUT2D eigenvalue weighted by Crippen LogP contribution is 2.32. The van der Waals surface area contributed by atoms with Gasteiger partial charge in [-0.15, -0.1) is 0 Å². The molecule has 2 amide bonds. The smallest absolute Gasteiger partial charge is 0.263 e. The number of likely N-dealkylation sites (tertiary alicyclic amines) is 1. The normalized spacial score (nSPS) is 21.4. The Morgan fingerprint density at radius 1 is 1.18 bits per heavy atom. The number of nitrogens with zero attached hydrogens (tertiary/aromatic N) is 1. The second kappa shape index (κ2) is 5.63. The molecule has 0 aromatic heterocycles. The van der Waals surface area contributed by atoms with Crippen molar-refractivity contribution in [1.29, 1.82) is 0 Å². The van der Waals surface area contributed by atoms with Gasteiger partial charge in [-0.05, 0) is 49.4 Å². The zero-order valence-corrected chi connectivity index (χ0v) is 13.1. The molecule has 1 aromatic carbocycles. The summed E-state index contributed by atoms with van der Waals surface area (Å²) in [5.74, 6) is 0.488. The van der Waals surface area contributed by atoms with Gasteiger partial charge >= 0.3 is 0 Å². The van der Waals surface area contributed by atoms with Gasteiger partial charge in [0.1, 0.15) is 5.75 Å². The standard InChI is InChI=1S/C17H22N2O3/c1-10-7-13-9-15(22-14(13)8-11(10)2)17(21)19-5-3-12(4-6-19)16(18)20/h7-8,12,15H,3-6,9H2,1-2H3,(H2,18,20). The predicted octanol–water partition coefficient (Wildman–Crippen LogP) is 1.33. The number of nitrogens with two attached hydrogens (primary N) is 1. The Morgan fingerprint density at radius 2 is 1.82 bits per heavy atom. The first-order valence-corrected chi connectivity index (χ1v) is 7.80. The molecule has 1 fully saturated rings. The van der Waals surface area contributed by atoms with Gasteiger partial charge in [-0.25, -0.2) is 0 Å². The number of carbonyl (C=O) groups excluding carboxylic acids is 2. The fourth-order valence-electron chi connectivity index (χ4n) is 3.24. The molecular formula is C17H22N2O3. The van der Waals surface area contributed by atoms with Gasteiger partial charge in [0.15, 0.2) is 6.10 Å². The number of aryl methyl sites for hydroxylation is 2. The van der Waals surface area contributed by atoms with E-state index in [0.717, 1.165) is 11.3 Å². The zero-order chi connectivity index (χ0) is 15.9. The topological polar surface area (TPSA) is 72.6 Å². The molecule has 5 heteroatoms. The molecule has 1 atom stereocenters. The van der Waals surface area contributed by atoms with Crippen molar-refractivity contribution >= 4 is 11.8 Å². The van der Waals surface area contributed by atoms with Crippen LogP contribution < -0.4 is 10.5 Å². The lowest BCUT2D eigenvalue weighted by molar-refractivity contribution is -0.140. The van der Waals surface area contributed by atoms with Crippen molar-refractivity contribution in [3.63, 3.8) is 0 Å². The average Bonchev–Trinajstić information content (AvgIpc) is 2.90. The number of hydrogen-bond acceptors (Lipinski definition) is 3. The SMILES string of the molecule is Cc1cc2c(cc1C)OC(C(=O)N1CCC(C(N)=O)CC1)C2. The molecule has 1 saturated heterocycles. The predicted molar refractivity (Wildman–Crippen MR) is 82.5 cm³/mol. The van der Waals surface area contributed by atoms with Gasteiger partial charge in [-0.1, -0.05) is 6.07 Å². The summed E-state index contributed by atoms with van der Waals surface area (Å²) in [7, 11) is 0. The third kappa shape index (κ3) is 2.67. The molecular weight excluding hydrogens is 280 g/mol. The third-order valence-corrected chi connectivity index (χ3v) is 4.84. The first-order valence-electron chi connectivity index (χ1n) is 7.80. The van der Waals surface area contributed by atoms with Crippen LogP contribution in [-0.4, -0.2) is 35.9 Å². The van der Waals surface area contributed by atoms with Crippen LogP contribution in [0.25, 0.3) is 0 Å². The molecule has 0 radical (unpaired) electrons. The molecule has 0 saturated carbocycles. The van der Waals surface area contributed by atoms with Crippen LogP contribution in [0.3, 0.4) is 0 Å². The minimum Gasteiger partial charge on any atom is -0.480 e. The minimum absolute atomic E-state index is 0.0226. The molecule has 2 N–H and O–H groups in total. The number of primary amides is 1. The van der Waals surface area contributed by atoms with E-state index in [9.17, 15) is 9.59 Å². The molecule has 22 heavy (non-hydrogen) atoms. The second-order valence-electron chi connectivity index (χ2n) is 6.36. The summed E-state index contributed by atoms with van der Waals surface area (Å²) in [4.78, 5) is 25.6. The Kier molecular flexibility index (Phi) is 3.81. The summed E-state index contributed by atoms with van der Waals surface area (Å²) >= 11 is 0. The lowest BCUT2D eigenvalue weighted by Crippen LogP contribution is -2.47. The van der Waals surface area contributed by atoms with Crippen molar-refractivity contribution in [3.05, 3.63) is 28.8 Å². The maximum Gasteiger partial charge on any atom is 0.263 e. The Hall–Kier alpha value is -2.04. The fourth-order valence-corrected chi connectivity index (χ4v) is 3.24. The first kappa shape index (κ1) is 14.9. The molecule has 5 nitrogen and oxygen atoms in total. The van der Waals surface area contributed by atoms with Crippen LogP contribution in [0.15, 0.2) is 12.1 Å². The van der Waals surface area contributed by atoms with Gasteiger partial charge in [0.05, 0.1) is 0 Å². The highest BCUT2D eigenvalue weighted by atomic mass is 16.5. The van der Waals surface area contributed by atoms with Crippen molar-refractivity contribution in [1.82, 2.24) is 4.90 Å². The Labute approximate surface area is 130 Å². The molecule has 118 valence electrons. The lowest BCUT2D eigenvalue weighted by Gasteiger charge is -2.32. The van der Waals surface area contributed by atoms with Crippen LogP contribution in [0, 0.1) is 19.8 Å². The van der Waals surface area contributed by atoms with Crippen LogP contribution in [0.2, 0.25) is 0 Å². The van der Waals surface area contributed by atoms with Gasteiger partial charge in [0.2, 0.25) is 5.91 Å². The van der Waals surface area contributed by atoms with Crippen molar-refractivity contribution < 1.29 is 14.3 Å². The molecule has 3 rings (SSSR count). The summed E-state index contributed by atoms with van der Waals surface area (Å²) in [6.45, 7) is 5.28. The molecule has 1 aromatic rings. The highest BCUT2D eigenvalue weighted by Gasteiger charge is 2.35. The van der Waals surface area contributed by atoms with Crippen LogP contribution in [0.5, 0.6) is 5.75 Å². The molecule has 0 spiro atoms. The van der Waals surface area contributed by atoms with Crippen molar-refractivity contribution in [2.24, 2.45) is 11.7 Å². The summed E-state index contributed by atoms with van der Waals surface area (Å²) in [6, 6.07) is 4.12. The van der Waals surface area contributed by atoms with E-state index in [0.29, 0.717) is 32.4 Å². The maximum atomic E-state index is 12.6. The number of carbonyl (C=O) groups is 2. The Morgan fingerprint density at radius 3 is 2.45 bits per heavy atom. The lowest BCUT2D eigenvalue weighted by atomic mass is 9.95. The number of rotatable bonds is 2. The van der Waals surface area contributed by atoms with E-state index in [2.05, 4.69) is 13.0 Å². The van der Waals surface area contributed by atoms with Crippen LogP contribution >= 0.6 is 0 Å². The van der Waals surface area contributed by atoms with E-state index in [-0.39, 0.29) is 17.7 Å². The quantitative estimate of drug-likeness (QED) is 0.896. The summed E-state index contributed by atoms with van der Waals surface area (Å²) < 4.78 is 5.85. The maximum absolute atomic E-state index is 12.6. The van der Waals surface area contributed by atoms with Gasteiger partial charge in [-0.2, -0.15) is 0 Å². The fraction of sp³-hybridized carbons (Fsp3) is 0.529. The van der Waals surface area contributed by atoms with E-state index >= 15 is 0 Å². The number of hydrogen-bond donors (Lipinski definition) is 1. The number of ether oxygens (including phenoxy) is 1. The van der Waals surface area contributed by atoms with Crippen LogP contribution in [-0.2, 0) is 16.0 Å². The molecule has 0 aliphatic carbocycles. The first-order chi connectivity index (χ1) is 10.5. The summed E-state index contributed by atoms with van der Waals surface area (Å²) in [5.41, 5.74) is 8.83. The third-order valence-electron chi connectivity index (χ3n) is 4.84. The Bertz CT molecular complexity index is 588. The van der Waals surface area contributed by atoms with Gasteiger partial charge in [-0.3, -0.25) is 9.59 Å². The second-order valence-corrected chi connectivity index (χ2v) is 6.36.